The summed E-state index contributed by atoms with van der Waals surface area (Å²) in [6, 6.07) is 8.71. The molecule has 0 unspecified atom stereocenters. The monoisotopic (exact) mass is 573 g/mol. The Morgan fingerprint density at radius 1 is 1.00 bits per heavy atom. The maximum absolute atomic E-state index is 12.4. The normalized spacial score (nSPS) is 22.1. The first kappa shape index (κ1) is 30.5. The van der Waals surface area contributed by atoms with Gasteiger partial charge in [0.25, 0.3) is 0 Å². The van der Waals surface area contributed by atoms with Crippen molar-refractivity contribution >= 4 is 8.32 Å². The Kier molecular flexibility index (Phi) is 8.42. The van der Waals surface area contributed by atoms with E-state index < -0.39 is 14.4 Å². The Hall–Kier alpha value is -1.91. The van der Waals surface area contributed by atoms with Crippen LogP contribution in [0.2, 0.25) is 18.1 Å². The summed E-state index contributed by atoms with van der Waals surface area (Å²) in [6.07, 6.45) is 11.9. The fourth-order valence-electron chi connectivity index (χ4n) is 7.11. The molecule has 224 valence electrons. The average molecular weight is 574 g/mol. The highest BCUT2D eigenvalue weighted by Crippen LogP contribution is 2.51. The quantitative estimate of drug-likeness (QED) is 0.335. The third-order valence-corrected chi connectivity index (χ3v) is 15.2. The van der Waals surface area contributed by atoms with Crippen molar-refractivity contribution in [2.45, 2.75) is 148 Å². The van der Waals surface area contributed by atoms with Crippen molar-refractivity contribution in [1.82, 2.24) is 4.98 Å². The minimum absolute atomic E-state index is 0.137. The van der Waals surface area contributed by atoms with Crippen LogP contribution in [0.5, 0.6) is 0 Å². The first-order valence-electron chi connectivity index (χ1n) is 16.4. The molecule has 4 heteroatoms. The summed E-state index contributed by atoms with van der Waals surface area (Å²) in [6.45, 7) is 21.0. The minimum atomic E-state index is -2.01. The minimum Gasteiger partial charge on any atom is -0.546 e. The number of nitrogens with zero attached hydrogens (tertiary/aromatic N) is 1. The fraction of sp³-hybridized carbons (Fsp3) is 0.649. The first-order chi connectivity index (χ1) is 19.2. The molecule has 0 spiro atoms. The Morgan fingerprint density at radius 2 is 1.63 bits per heavy atom. The van der Waals surface area contributed by atoms with Crippen molar-refractivity contribution in [3.05, 3.63) is 75.3 Å². The number of fused-ring (bicyclic) bond motifs is 1. The number of aliphatic hydroxyl groups is 1. The van der Waals surface area contributed by atoms with Crippen molar-refractivity contribution in [1.29, 1.82) is 0 Å². The third-order valence-electron chi connectivity index (χ3n) is 10.8. The molecule has 0 saturated heterocycles. The van der Waals surface area contributed by atoms with Crippen LogP contribution in [0.3, 0.4) is 0 Å². The van der Waals surface area contributed by atoms with Gasteiger partial charge in [-0.1, -0.05) is 85.6 Å². The van der Waals surface area contributed by atoms with Crippen LogP contribution in [0.25, 0.3) is 0 Å². The van der Waals surface area contributed by atoms with Crippen molar-refractivity contribution in [3.8, 4) is 0 Å². The molecule has 1 aromatic carbocycles. The molecule has 3 nitrogen and oxygen atoms in total. The van der Waals surface area contributed by atoms with Crippen LogP contribution in [0.4, 0.5) is 0 Å². The summed E-state index contributed by atoms with van der Waals surface area (Å²) < 4.78 is 7.11. The highest BCUT2D eigenvalue weighted by atomic mass is 28.4. The summed E-state index contributed by atoms with van der Waals surface area (Å²) in [5.41, 5.74) is 8.93. The van der Waals surface area contributed by atoms with Gasteiger partial charge >= 0.3 is 0 Å². The Balaban J connectivity index is 1.70. The van der Waals surface area contributed by atoms with E-state index in [0.29, 0.717) is 11.8 Å². The van der Waals surface area contributed by atoms with E-state index in [1.165, 1.54) is 53.8 Å². The Labute approximate surface area is 251 Å². The maximum Gasteiger partial charge on any atom is 0.250 e. The lowest BCUT2D eigenvalue weighted by Crippen LogP contribution is -2.41. The molecule has 3 aliphatic carbocycles. The van der Waals surface area contributed by atoms with Gasteiger partial charge in [-0.3, -0.25) is 4.98 Å². The van der Waals surface area contributed by atoms with E-state index in [2.05, 4.69) is 91.9 Å². The molecule has 1 N–H and O–H groups in total. The molecule has 2 aromatic rings. The molecule has 1 fully saturated rings. The molecule has 41 heavy (non-hydrogen) atoms. The number of benzene rings is 1. The van der Waals surface area contributed by atoms with Crippen LogP contribution in [0.1, 0.15) is 156 Å². The van der Waals surface area contributed by atoms with E-state index in [1.54, 1.807) is 0 Å². The highest BCUT2D eigenvalue weighted by molar-refractivity contribution is 6.74. The molecule has 1 aromatic heterocycles. The van der Waals surface area contributed by atoms with Crippen LogP contribution in [-0.4, -0.2) is 18.4 Å². The summed E-state index contributed by atoms with van der Waals surface area (Å²) in [7, 11) is -2.01. The van der Waals surface area contributed by atoms with E-state index in [9.17, 15) is 5.11 Å². The van der Waals surface area contributed by atoms with Gasteiger partial charge in [-0.05, 0) is 103 Å². The summed E-state index contributed by atoms with van der Waals surface area (Å²) in [5.74, 6) is 2.26. The van der Waals surface area contributed by atoms with Gasteiger partial charge in [0, 0.05) is 23.1 Å². The second-order valence-electron chi connectivity index (χ2n) is 15.9. The Morgan fingerprint density at radius 3 is 2.24 bits per heavy atom. The van der Waals surface area contributed by atoms with E-state index in [4.69, 9.17) is 9.41 Å². The number of aromatic nitrogens is 1. The number of hydrogen-bond acceptors (Lipinski definition) is 3. The molecule has 5 rings (SSSR count). The molecule has 3 aliphatic rings. The first-order valence-corrected chi connectivity index (χ1v) is 19.3. The van der Waals surface area contributed by atoms with Crippen molar-refractivity contribution in [2.75, 3.05) is 0 Å². The fourth-order valence-corrected chi connectivity index (χ4v) is 8.23. The SMILES string of the molecule is CC(C)c1ccc([C@H](O)c2c(C3CCCC3)nc3c(c2[C@@H]2CCC=C2O[Si](C)(C)C(C)(C)C)CCC(C)(C)C3)cc1. The predicted octanol–water partition coefficient (Wildman–Crippen LogP) is 10.2. The summed E-state index contributed by atoms with van der Waals surface area (Å²) in [4.78, 5) is 5.54. The van der Waals surface area contributed by atoms with Crippen molar-refractivity contribution in [3.63, 3.8) is 0 Å². The lowest BCUT2D eigenvalue weighted by Gasteiger charge is -2.40. The largest absolute Gasteiger partial charge is 0.546 e. The number of allylic oxidation sites excluding steroid dienone is 2. The van der Waals surface area contributed by atoms with Gasteiger partial charge in [0.15, 0.2) is 0 Å². The second kappa shape index (κ2) is 11.3. The van der Waals surface area contributed by atoms with Gasteiger partial charge in [0.05, 0.1) is 11.5 Å². The zero-order chi connectivity index (χ0) is 29.7. The molecule has 0 aliphatic heterocycles. The molecular weight excluding hydrogens is 518 g/mol. The zero-order valence-corrected chi connectivity index (χ0v) is 28.4. The summed E-state index contributed by atoms with van der Waals surface area (Å²) in [5, 5.41) is 12.5. The number of rotatable bonds is 7. The molecule has 1 heterocycles. The topological polar surface area (TPSA) is 42.4 Å². The maximum atomic E-state index is 12.4. The molecule has 0 bridgehead atoms. The molecule has 2 atom stereocenters. The van der Waals surface area contributed by atoms with Gasteiger partial charge in [-0.2, -0.15) is 0 Å². The van der Waals surface area contributed by atoms with Gasteiger partial charge in [0.1, 0.15) is 6.10 Å². The average Bonchev–Trinajstić information content (AvgIpc) is 3.58. The van der Waals surface area contributed by atoms with Crippen LogP contribution >= 0.6 is 0 Å². The molecule has 0 radical (unpaired) electrons. The Bertz CT molecular complexity index is 1280. The lowest BCUT2D eigenvalue weighted by atomic mass is 9.71. The number of aliphatic hydroxyl groups excluding tert-OH is 1. The van der Waals surface area contributed by atoms with Crippen LogP contribution in [0, 0.1) is 5.41 Å². The van der Waals surface area contributed by atoms with Crippen molar-refractivity contribution in [2.24, 2.45) is 5.41 Å². The molecule has 0 amide bonds. The predicted molar refractivity (Wildman–Crippen MR) is 174 cm³/mol. The molecular formula is C37H55NO2Si. The highest BCUT2D eigenvalue weighted by Gasteiger charge is 2.43. The zero-order valence-electron chi connectivity index (χ0n) is 27.4. The standard InChI is InChI=1S/C37H55NO2Si/c1-24(2)25-17-19-27(20-18-25)35(39)33-32(29-15-12-16-31(29)40-41(8,9)36(3,4)5)28-21-22-37(6,7)23-30(28)38-34(33)26-13-10-11-14-26/h16-20,24,26,29,35,39H,10-15,21-23H2,1-9H3/t29-,35+/m1/s1. The van der Waals surface area contributed by atoms with E-state index in [1.807, 2.05) is 0 Å². The number of hydrogen-bond donors (Lipinski definition) is 1. The van der Waals surface area contributed by atoms with Crippen LogP contribution in [-0.2, 0) is 17.3 Å². The van der Waals surface area contributed by atoms with Gasteiger partial charge < -0.3 is 9.53 Å². The van der Waals surface area contributed by atoms with E-state index in [0.717, 1.165) is 49.0 Å². The van der Waals surface area contributed by atoms with Gasteiger partial charge in [-0.25, -0.2) is 0 Å². The second-order valence-corrected chi connectivity index (χ2v) is 20.6. The number of pyridine rings is 1. The van der Waals surface area contributed by atoms with Crippen molar-refractivity contribution < 1.29 is 9.53 Å². The van der Waals surface area contributed by atoms with E-state index >= 15 is 0 Å². The van der Waals surface area contributed by atoms with Gasteiger partial charge in [-0.15, -0.1) is 0 Å². The van der Waals surface area contributed by atoms with E-state index in [-0.39, 0.29) is 16.4 Å². The van der Waals surface area contributed by atoms with Crippen LogP contribution < -0.4 is 0 Å². The lowest BCUT2D eigenvalue weighted by molar-refractivity contribution is 0.214. The summed E-state index contributed by atoms with van der Waals surface area (Å²) >= 11 is 0. The molecule has 1 saturated carbocycles. The third kappa shape index (κ3) is 6.11. The van der Waals surface area contributed by atoms with Gasteiger partial charge in [0.2, 0.25) is 8.32 Å². The van der Waals surface area contributed by atoms with Crippen LogP contribution in [0.15, 0.2) is 36.1 Å². The smallest absolute Gasteiger partial charge is 0.250 e.